The Morgan fingerprint density at radius 1 is 1.39 bits per heavy atom. The number of benzene rings is 1. The smallest absolute Gasteiger partial charge is 0.251 e. The molecule has 4 heteroatoms. The fourth-order valence-corrected chi connectivity index (χ4v) is 1.92. The molecule has 0 unspecified atom stereocenters. The van der Waals surface area contributed by atoms with E-state index in [-0.39, 0.29) is 17.7 Å². The summed E-state index contributed by atoms with van der Waals surface area (Å²) in [6.45, 7) is 4.53. The van der Waals surface area contributed by atoms with Gasteiger partial charge >= 0.3 is 0 Å². The second-order valence-corrected chi connectivity index (χ2v) is 4.75. The van der Waals surface area contributed by atoms with Gasteiger partial charge in [0.1, 0.15) is 0 Å². The van der Waals surface area contributed by atoms with E-state index in [2.05, 4.69) is 17.6 Å². The van der Waals surface area contributed by atoms with Gasteiger partial charge in [0, 0.05) is 23.7 Å². The molecule has 2 atom stereocenters. The highest BCUT2D eigenvalue weighted by atomic mass is 16.2. The largest absolute Gasteiger partial charge is 0.352 e. The lowest BCUT2D eigenvalue weighted by molar-refractivity contribution is -0.117. The van der Waals surface area contributed by atoms with Crippen LogP contribution in [0.1, 0.15) is 30.6 Å². The summed E-state index contributed by atoms with van der Waals surface area (Å²) in [7, 11) is 0. The molecule has 2 amide bonds. The van der Waals surface area contributed by atoms with Crippen molar-refractivity contribution in [2.24, 2.45) is 11.8 Å². The molecule has 2 N–H and O–H groups in total. The first-order valence-corrected chi connectivity index (χ1v) is 6.31. The minimum atomic E-state index is -0.117. The summed E-state index contributed by atoms with van der Waals surface area (Å²) in [6.07, 6.45) is 0.960. The molecule has 0 heterocycles. The maximum Gasteiger partial charge on any atom is 0.251 e. The predicted molar refractivity (Wildman–Crippen MR) is 70.3 cm³/mol. The maximum absolute atomic E-state index is 11.8. The minimum Gasteiger partial charge on any atom is -0.352 e. The molecule has 4 nitrogen and oxygen atoms in total. The Balaban J connectivity index is 2.03. The van der Waals surface area contributed by atoms with Crippen molar-refractivity contribution < 1.29 is 9.59 Å². The summed E-state index contributed by atoms with van der Waals surface area (Å²) in [5, 5.41) is 5.59. The zero-order chi connectivity index (χ0) is 13.1. The topological polar surface area (TPSA) is 58.2 Å². The third-order valence-corrected chi connectivity index (χ3v) is 3.18. The third kappa shape index (κ3) is 2.88. The molecule has 0 radical (unpaired) electrons. The normalized spacial score (nSPS) is 21.2. The van der Waals surface area contributed by atoms with E-state index in [0.29, 0.717) is 23.7 Å². The van der Waals surface area contributed by atoms with Crippen LogP contribution in [0.3, 0.4) is 0 Å². The maximum atomic E-state index is 11.8. The number of nitrogens with one attached hydrogen (secondary N) is 2. The number of hydrogen-bond acceptors (Lipinski definition) is 2. The fraction of sp³-hybridized carbons (Fsp3) is 0.429. The van der Waals surface area contributed by atoms with Crippen LogP contribution in [0.2, 0.25) is 0 Å². The summed E-state index contributed by atoms with van der Waals surface area (Å²) in [6, 6.07) is 7.01. The molecule has 1 fully saturated rings. The molecule has 0 spiro atoms. The van der Waals surface area contributed by atoms with Gasteiger partial charge in [-0.05, 0) is 37.5 Å². The molecule has 1 aromatic carbocycles. The minimum absolute atomic E-state index is 0.0514. The Labute approximate surface area is 107 Å². The van der Waals surface area contributed by atoms with Crippen molar-refractivity contribution in [3.63, 3.8) is 0 Å². The number of carbonyl (C=O) groups is 2. The van der Waals surface area contributed by atoms with Gasteiger partial charge in [-0.15, -0.1) is 0 Å². The third-order valence-electron chi connectivity index (χ3n) is 3.18. The quantitative estimate of drug-likeness (QED) is 0.854. The molecule has 1 aliphatic carbocycles. The van der Waals surface area contributed by atoms with Gasteiger partial charge in [-0.1, -0.05) is 13.0 Å². The first kappa shape index (κ1) is 12.6. The zero-order valence-corrected chi connectivity index (χ0v) is 10.7. The molecule has 1 aliphatic rings. The number of carbonyl (C=O) groups excluding carboxylic acids is 2. The van der Waals surface area contributed by atoms with Crippen molar-refractivity contribution >= 4 is 17.5 Å². The summed E-state index contributed by atoms with van der Waals surface area (Å²) in [5.74, 6) is 0.554. The Morgan fingerprint density at radius 3 is 2.72 bits per heavy atom. The lowest BCUT2D eigenvalue weighted by Crippen LogP contribution is -2.23. The van der Waals surface area contributed by atoms with E-state index >= 15 is 0 Å². The number of amides is 2. The first-order chi connectivity index (χ1) is 8.61. The van der Waals surface area contributed by atoms with Gasteiger partial charge in [0.15, 0.2) is 0 Å². The Morgan fingerprint density at radius 2 is 2.11 bits per heavy atom. The fourth-order valence-electron chi connectivity index (χ4n) is 1.92. The van der Waals surface area contributed by atoms with E-state index in [1.54, 1.807) is 24.3 Å². The molecule has 0 aromatic heterocycles. The monoisotopic (exact) mass is 246 g/mol. The van der Waals surface area contributed by atoms with E-state index in [4.69, 9.17) is 0 Å². The van der Waals surface area contributed by atoms with Crippen molar-refractivity contribution in [1.29, 1.82) is 0 Å². The lowest BCUT2D eigenvalue weighted by atomic mass is 10.2. The van der Waals surface area contributed by atoms with Crippen LogP contribution < -0.4 is 10.6 Å². The second-order valence-electron chi connectivity index (χ2n) is 4.75. The molecule has 96 valence electrons. The number of anilines is 1. The highest BCUT2D eigenvalue weighted by molar-refractivity contribution is 5.98. The van der Waals surface area contributed by atoms with Crippen LogP contribution in [0.25, 0.3) is 0 Å². The van der Waals surface area contributed by atoms with Crippen molar-refractivity contribution in [2.45, 2.75) is 20.3 Å². The Hall–Kier alpha value is -1.84. The summed E-state index contributed by atoms with van der Waals surface area (Å²) >= 11 is 0. The van der Waals surface area contributed by atoms with Gasteiger partial charge in [0.25, 0.3) is 5.91 Å². The highest BCUT2D eigenvalue weighted by Gasteiger charge is 2.39. The molecular formula is C14H18N2O2. The molecule has 0 bridgehead atoms. The number of hydrogen-bond donors (Lipinski definition) is 2. The van der Waals surface area contributed by atoms with E-state index < -0.39 is 0 Å². The van der Waals surface area contributed by atoms with Crippen molar-refractivity contribution in [2.75, 3.05) is 11.9 Å². The van der Waals surface area contributed by atoms with Gasteiger partial charge in [-0.2, -0.15) is 0 Å². The molecule has 1 saturated carbocycles. The molecule has 0 aliphatic heterocycles. The zero-order valence-electron chi connectivity index (χ0n) is 10.7. The van der Waals surface area contributed by atoms with Gasteiger partial charge in [0.2, 0.25) is 5.91 Å². The Bertz CT molecular complexity index is 471. The van der Waals surface area contributed by atoms with Crippen LogP contribution >= 0.6 is 0 Å². The van der Waals surface area contributed by atoms with Gasteiger partial charge in [0.05, 0.1) is 0 Å². The van der Waals surface area contributed by atoms with Crippen LogP contribution in [0, 0.1) is 11.8 Å². The van der Waals surface area contributed by atoms with Crippen LogP contribution in [-0.4, -0.2) is 18.4 Å². The van der Waals surface area contributed by atoms with Crippen molar-refractivity contribution in [3.8, 4) is 0 Å². The highest BCUT2D eigenvalue weighted by Crippen LogP contribution is 2.38. The SMILES string of the molecule is CCNC(=O)c1cccc(NC(=O)[C@H]2C[C@@H]2C)c1. The van der Waals surface area contributed by atoms with E-state index in [0.717, 1.165) is 6.42 Å². The number of rotatable bonds is 4. The van der Waals surface area contributed by atoms with E-state index in [1.165, 1.54) is 0 Å². The van der Waals surface area contributed by atoms with Crippen LogP contribution in [0.15, 0.2) is 24.3 Å². The first-order valence-electron chi connectivity index (χ1n) is 6.31. The van der Waals surface area contributed by atoms with Gasteiger partial charge in [-0.25, -0.2) is 0 Å². The second kappa shape index (κ2) is 5.21. The van der Waals surface area contributed by atoms with Crippen LogP contribution in [-0.2, 0) is 4.79 Å². The van der Waals surface area contributed by atoms with Crippen LogP contribution in [0.5, 0.6) is 0 Å². The molecule has 18 heavy (non-hydrogen) atoms. The van der Waals surface area contributed by atoms with Gasteiger partial charge in [-0.3, -0.25) is 9.59 Å². The average Bonchev–Trinajstić information content (AvgIpc) is 3.07. The lowest BCUT2D eigenvalue weighted by Gasteiger charge is -2.07. The van der Waals surface area contributed by atoms with E-state index in [9.17, 15) is 9.59 Å². The summed E-state index contributed by atoms with van der Waals surface area (Å²) < 4.78 is 0. The van der Waals surface area contributed by atoms with Crippen molar-refractivity contribution in [1.82, 2.24) is 5.32 Å². The Kier molecular flexibility index (Phi) is 3.65. The van der Waals surface area contributed by atoms with Crippen LogP contribution in [0.4, 0.5) is 5.69 Å². The standard InChI is InChI=1S/C14H18N2O2/c1-3-15-13(17)10-5-4-6-11(8-10)16-14(18)12-7-9(12)2/h4-6,8-9,12H,3,7H2,1-2H3,(H,15,17)(H,16,18)/t9-,12-/m0/s1. The molecular weight excluding hydrogens is 228 g/mol. The predicted octanol–water partition coefficient (Wildman–Crippen LogP) is 2.03. The summed E-state index contributed by atoms with van der Waals surface area (Å²) in [4.78, 5) is 23.4. The summed E-state index contributed by atoms with van der Waals surface area (Å²) in [5.41, 5.74) is 1.25. The molecule has 1 aromatic rings. The van der Waals surface area contributed by atoms with Gasteiger partial charge < -0.3 is 10.6 Å². The molecule has 2 rings (SSSR count). The average molecular weight is 246 g/mol. The molecule has 0 saturated heterocycles. The van der Waals surface area contributed by atoms with E-state index in [1.807, 2.05) is 6.92 Å². The van der Waals surface area contributed by atoms with Crippen molar-refractivity contribution in [3.05, 3.63) is 29.8 Å².